The fourth-order valence-electron chi connectivity index (χ4n) is 3.82. The monoisotopic (exact) mass is 391 g/mol. The number of fused-ring (bicyclic) bond motifs is 2. The fraction of sp³-hybridized carbons (Fsp3) is 0.632. The predicted octanol–water partition coefficient (Wildman–Crippen LogP) is 1.44. The average Bonchev–Trinajstić information content (AvgIpc) is 3.11. The number of nitrogens with zero attached hydrogens (tertiary/aromatic N) is 3. The molecule has 0 aliphatic carbocycles. The third-order valence-electron chi connectivity index (χ3n) is 5.35. The van der Waals surface area contributed by atoms with E-state index in [2.05, 4.69) is 28.0 Å². The highest BCUT2D eigenvalue weighted by atomic mass is 32.1. The van der Waals surface area contributed by atoms with Crippen LogP contribution in [0.5, 0.6) is 0 Å². The van der Waals surface area contributed by atoms with Gasteiger partial charge in [-0.1, -0.05) is 6.92 Å². The van der Waals surface area contributed by atoms with Crippen molar-refractivity contribution in [2.45, 2.75) is 44.6 Å². The van der Waals surface area contributed by atoms with Gasteiger partial charge < -0.3 is 16.3 Å². The van der Waals surface area contributed by atoms with Crippen molar-refractivity contribution in [2.24, 2.45) is 21.7 Å². The SMILES string of the molecule is CCc1cc2c(s1)CCOC21CCN(CC(C=NCCC(N)=O)=NN)CC1. The van der Waals surface area contributed by atoms with Gasteiger partial charge in [-0.05, 0) is 30.9 Å². The minimum atomic E-state index is -0.355. The first kappa shape index (κ1) is 20.0. The Morgan fingerprint density at radius 1 is 1.44 bits per heavy atom. The molecule has 0 saturated carbocycles. The molecule has 148 valence electrons. The van der Waals surface area contributed by atoms with Gasteiger partial charge in [0, 0.05) is 55.0 Å². The molecule has 1 fully saturated rings. The first-order valence-electron chi connectivity index (χ1n) is 9.59. The van der Waals surface area contributed by atoms with E-state index in [0.29, 0.717) is 18.8 Å². The van der Waals surface area contributed by atoms with E-state index < -0.39 is 0 Å². The second-order valence-corrected chi connectivity index (χ2v) is 8.37. The van der Waals surface area contributed by atoms with Crippen LogP contribution >= 0.6 is 11.3 Å². The third-order valence-corrected chi connectivity index (χ3v) is 6.69. The summed E-state index contributed by atoms with van der Waals surface area (Å²) in [6.07, 6.45) is 5.98. The number of carbonyl (C=O) groups is 1. The predicted molar refractivity (Wildman–Crippen MR) is 109 cm³/mol. The summed E-state index contributed by atoms with van der Waals surface area (Å²) in [7, 11) is 0. The maximum Gasteiger partial charge on any atom is 0.219 e. The molecule has 3 heterocycles. The van der Waals surface area contributed by atoms with Gasteiger partial charge in [0.15, 0.2) is 0 Å². The molecule has 0 bridgehead atoms. The van der Waals surface area contributed by atoms with Crippen LogP contribution < -0.4 is 11.6 Å². The van der Waals surface area contributed by atoms with Crippen molar-refractivity contribution in [1.29, 1.82) is 0 Å². The molecule has 2 aliphatic heterocycles. The highest BCUT2D eigenvalue weighted by Crippen LogP contribution is 2.44. The highest BCUT2D eigenvalue weighted by molar-refractivity contribution is 7.12. The number of thiophene rings is 1. The number of aryl methyl sites for hydroxylation is 1. The fourth-order valence-corrected chi connectivity index (χ4v) is 5.00. The van der Waals surface area contributed by atoms with Crippen LogP contribution in [0.4, 0.5) is 0 Å². The van der Waals surface area contributed by atoms with Crippen LogP contribution in [-0.2, 0) is 28.0 Å². The normalized spacial score (nSPS) is 20.3. The summed E-state index contributed by atoms with van der Waals surface area (Å²) in [5.74, 6) is 5.15. The summed E-state index contributed by atoms with van der Waals surface area (Å²) in [6, 6.07) is 2.37. The van der Waals surface area contributed by atoms with E-state index in [1.807, 2.05) is 11.3 Å². The maximum absolute atomic E-state index is 10.8. The molecule has 0 aromatic carbocycles. The van der Waals surface area contributed by atoms with Gasteiger partial charge in [0.25, 0.3) is 0 Å². The van der Waals surface area contributed by atoms with Gasteiger partial charge in [-0.3, -0.25) is 14.7 Å². The van der Waals surface area contributed by atoms with Gasteiger partial charge in [0.05, 0.1) is 17.9 Å². The molecule has 8 heteroatoms. The molecule has 2 aliphatic rings. The highest BCUT2D eigenvalue weighted by Gasteiger charge is 2.41. The first-order valence-corrected chi connectivity index (χ1v) is 10.4. The van der Waals surface area contributed by atoms with Crippen molar-refractivity contribution in [3.05, 3.63) is 21.4 Å². The number of ether oxygens (including phenoxy) is 1. The number of hydrazone groups is 1. The Hall–Kier alpha value is -1.77. The number of likely N-dealkylation sites (tertiary alicyclic amines) is 1. The molecule has 3 rings (SSSR count). The topological polar surface area (TPSA) is 106 Å². The second kappa shape index (κ2) is 8.95. The number of hydrogen-bond acceptors (Lipinski definition) is 7. The summed E-state index contributed by atoms with van der Waals surface area (Å²) < 4.78 is 6.33. The minimum absolute atomic E-state index is 0.121. The molecule has 1 spiro atoms. The van der Waals surface area contributed by atoms with Crippen LogP contribution in [-0.4, -0.2) is 55.5 Å². The molecule has 1 amide bonds. The van der Waals surface area contributed by atoms with E-state index in [4.69, 9.17) is 16.3 Å². The lowest BCUT2D eigenvalue weighted by Crippen LogP contribution is -2.47. The van der Waals surface area contributed by atoms with Gasteiger partial charge in [0.1, 0.15) is 0 Å². The van der Waals surface area contributed by atoms with Crippen molar-refractivity contribution in [1.82, 2.24) is 4.90 Å². The van der Waals surface area contributed by atoms with E-state index >= 15 is 0 Å². The molecule has 7 nitrogen and oxygen atoms in total. The Morgan fingerprint density at radius 2 is 2.22 bits per heavy atom. The number of carbonyl (C=O) groups excluding carboxylic acids is 1. The van der Waals surface area contributed by atoms with E-state index in [1.165, 1.54) is 15.3 Å². The number of nitrogens with two attached hydrogens (primary N) is 2. The van der Waals surface area contributed by atoms with Crippen molar-refractivity contribution in [3.63, 3.8) is 0 Å². The van der Waals surface area contributed by atoms with Gasteiger partial charge in [0.2, 0.25) is 5.91 Å². The Bertz CT molecular complexity index is 720. The molecular weight excluding hydrogens is 362 g/mol. The number of piperidine rings is 1. The van der Waals surface area contributed by atoms with E-state index in [1.54, 1.807) is 6.21 Å². The lowest BCUT2D eigenvalue weighted by atomic mass is 9.82. The maximum atomic E-state index is 10.8. The number of primary amides is 1. The summed E-state index contributed by atoms with van der Waals surface area (Å²) in [6.45, 7) is 5.93. The van der Waals surface area contributed by atoms with Crippen LogP contribution in [0.25, 0.3) is 0 Å². The minimum Gasteiger partial charge on any atom is -0.370 e. The zero-order valence-corrected chi connectivity index (χ0v) is 16.8. The molecule has 0 radical (unpaired) electrons. The summed E-state index contributed by atoms with van der Waals surface area (Å²) in [5.41, 5.74) is 7.13. The first-order chi connectivity index (χ1) is 13.1. The molecule has 4 N–H and O–H groups in total. The molecule has 1 aromatic rings. The summed E-state index contributed by atoms with van der Waals surface area (Å²) >= 11 is 1.95. The molecule has 1 saturated heterocycles. The van der Waals surface area contributed by atoms with Crippen molar-refractivity contribution in [3.8, 4) is 0 Å². The summed E-state index contributed by atoms with van der Waals surface area (Å²) in [5, 5.41) is 3.83. The smallest absolute Gasteiger partial charge is 0.219 e. The Kier molecular flexibility index (Phi) is 6.62. The van der Waals surface area contributed by atoms with E-state index in [0.717, 1.165) is 45.4 Å². The number of aliphatic imine (C=N–C) groups is 1. The lowest BCUT2D eigenvalue weighted by molar-refractivity contribution is -0.117. The average molecular weight is 392 g/mol. The van der Waals surface area contributed by atoms with Crippen LogP contribution in [0.1, 0.15) is 41.5 Å². The Morgan fingerprint density at radius 3 is 2.89 bits per heavy atom. The molecule has 0 unspecified atom stereocenters. The number of rotatable bonds is 7. The quantitative estimate of drug-likeness (QED) is 0.417. The standard InChI is InChI=1S/C19H29N5O2S/c1-2-15-11-16-17(27-15)4-10-26-19(16)5-8-24(9-6-19)13-14(23-21)12-22-7-3-18(20)25/h11-12H,2-10,13,21H2,1H3,(H2,20,25). The van der Waals surface area contributed by atoms with Crippen molar-refractivity contribution < 1.29 is 9.53 Å². The number of hydrogen-bond donors (Lipinski definition) is 2. The molecule has 1 aromatic heterocycles. The number of amides is 1. The molecule has 27 heavy (non-hydrogen) atoms. The van der Waals surface area contributed by atoms with E-state index in [-0.39, 0.29) is 17.9 Å². The van der Waals surface area contributed by atoms with Crippen LogP contribution in [0.2, 0.25) is 0 Å². The molecule has 0 atom stereocenters. The zero-order valence-electron chi connectivity index (χ0n) is 15.9. The van der Waals surface area contributed by atoms with Gasteiger partial charge in [-0.15, -0.1) is 11.3 Å². The second-order valence-electron chi connectivity index (χ2n) is 7.14. The summed E-state index contributed by atoms with van der Waals surface area (Å²) in [4.78, 5) is 20.2. The van der Waals surface area contributed by atoms with Crippen LogP contribution in [0.3, 0.4) is 0 Å². The van der Waals surface area contributed by atoms with Gasteiger partial charge in [-0.25, -0.2) is 0 Å². The van der Waals surface area contributed by atoms with E-state index in [9.17, 15) is 4.79 Å². The zero-order chi connectivity index (χ0) is 19.3. The van der Waals surface area contributed by atoms with Gasteiger partial charge >= 0.3 is 0 Å². The van der Waals surface area contributed by atoms with Crippen molar-refractivity contribution in [2.75, 3.05) is 32.8 Å². The molecular formula is C19H29N5O2S. The van der Waals surface area contributed by atoms with Crippen molar-refractivity contribution >= 4 is 29.2 Å². The largest absolute Gasteiger partial charge is 0.370 e. The lowest BCUT2D eigenvalue weighted by Gasteiger charge is -2.44. The van der Waals surface area contributed by atoms with Gasteiger partial charge in [-0.2, -0.15) is 5.10 Å². The third kappa shape index (κ3) is 4.75. The van der Waals surface area contributed by atoms with Crippen LogP contribution in [0, 0.1) is 0 Å². The Labute approximate surface area is 164 Å². The van der Waals surface area contributed by atoms with Crippen LogP contribution in [0.15, 0.2) is 16.2 Å². The Balaban J connectivity index is 1.58.